The van der Waals surface area contributed by atoms with E-state index in [4.69, 9.17) is 14.2 Å². The van der Waals surface area contributed by atoms with Crippen LogP contribution in [0.1, 0.15) is 5.56 Å². The summed E-state index contributed by atoms with van der Waals surface area (Å²) in [6.45, 7) is 0.0713. The zero-order valence-electron chi connectivity index (χ0n) is 16.1. The molecule has 0 amide bonds. The van der Waals surface area contributed by atoms with Gasteiger partial charge < -0.3 is 14.2 Å². The Kier molecular flexibility index (Phi) is 5.28. The number of hydrogen-bond donors (Lipinski definition) is 1. The Morgan fingerprint density at radius 3 is 2.32 bits per heavy atom. The number of nitrogens with one attached hydrogen (secondary N) is 1. The second kappa shape index (κ2) is 7.78. The molecule has 1 aliphatic rings. The maximum Gasteiger partial charge on any atom is 0.416 e. The molecule has 0 unspecified atom stereocenters. The molecule has 4 rings (SSSR count). The Labute approximate surface area is 176 Å². The van der Waals surface area contributed by atoms with Crippen molar-refractivity contribution < 1.29 is 35.8 Å². The topological polar surface area (TPSA) is 73.9 Å². The quantitative estimate of drug-likeness (QED) is 0.603. The largest absolute Gasteiger partial charge is 0.457 e. The van der Waals surface area contributed by atoms with Crippen molar-refractivity contribution in [2.45, 2.75) is 11.1 Å². The van der Waals surface area contributed by atoms with E-state index in [-0.39, 0.29) is 23.2 Å². The highest BCUT2D eigenvalue weighted by Gasteiger charge is 2.30. The fraction of sp³-hybridized carbons (Fsp3) is 0.143. The molecule has 1 heterocycles. The van der Waals surface area contributed by atoms with Crippen LogP contribution in [0.2, 0.25) is 0 Å². The fourth-order valence-electron chi connectivity index (χ4n) is 3.01. The number of hydrogen-bond acceptors (Lipinski definition) is 5. The van der Waals surface area contributed by atoms with E-state index in [1.807, 2.05) is 0 Å². The summed E-state index contributed by atoms with van der Waals surface area (Å²) in [4.78, 5) is 0.00226. The minimum Gasteiger partial charge on any atom is -0.457 e. The number of alkyl halides is 3. The highest BCUT2D eigenvalue weighted by Crippen LogP contribution is 2.41. The van der Waals surface area contributed by atoms with E-state index in [2.05, 4.69) is 4.72 Å². The van der Waals surface area contributed by atoms with Gasteiger partial charge in [-0.3, -0.25) is 0 Å². The van der Waals surface area contributed by atoms with E-state index in [0.29, 0.717) is 22.6 Å². The molecule has 31 heavy (non-hydrogen) atoms. The normalized spacial score (nSPS) is 13.3. The lowest BCUT2D eigenvalue weighted by Crippen LogP contribution is -2.18. The van der Waals surface area contributed by atoms with Gasteiger partial charge in [-0.25, -0.2) is 13.1 Å². The molecule has 1 aliphatic heterocycles. The van der Waals surface area contributed by atoms with Crippen LogP contribution in [-0.2, 0) is 16.2 Å². The zero-order valence-corrected chi connectivity index (χ0v) is 16.9. The van der Waals surface area contributed by atoms with Gasteiger partial charge in [0.2, 0.25) is 16.8 Å². The SMILES string of the molecule is CNS(=O)(=O)c1ccc(Oc2ccc(C(F)(F)F)cc2)c(-c2ccc3c(c2)OCO3)c1. The second-order valence-electron chi connectivity index (χ2n) is 6.56. The molecule has 0 radical (unpaired) electrons. The van der Waals surface area contributed by atoms with Crippen molar-refractivity contribution in [3.8, 4) is 34.1 Å². The third-order valence-corrected chi connectivity index (χ3v) is 6.04. The first-order valence-electron chi connectivity index (χ1n) is 9.00. The van der Waals surface area contributed by atoms with Gasteiger partial charge in [0.25, 0.3) is 0 Å². The Morgan fingerprint density at radius 2 is 1.65 bits per heavy atom. The molecule has 162 valence electrons. The average molecular weight is 451 g/mol. The minimum absolute atomic E-state index is 0.00226. The summed E-state index contributed by atoms with van der Waals surface area (Å²) in [5.41, 5.74) is 0.195. The third-order valence-electron chi connectivity index (χ3n) is 4.62. The Balaban J connectivity index is 1.77. The van der Waals surface area contributed by atoms with Crippen molar-refractivity contribution in [1.29, 1.82) is 0 Å². The van der Waals surface area contributed by atoms with Crippen LogP contribution in [0.5, 0.6) is 23.0 Å². The van der Waals surface area contributed by atoms with E-state index >= 15 is 0 Å². The van der Waals surface area contributed by atoms with Gasteiger partial charge in [0.05, 0.1) is 10.5 Å². The number of halogens is 3. The van der Waals surface area contributed by atoms with Crippen LogP contribution in [0.3, 0.4) is 0 Å². The molecular formula is C21H16F3NO5S. The molecule has 0 aromatic heterocycles. The molecule has 0 atom stereocenters. The maximum atomic E-state index is 12.8. The van der Waals surface area contributed by atoms with Crippen molar-refractivity contribution >= 4 is 10.0 Å². The van der Waals surface area contributed by atoms with Crippen molar-refractivity contribution in [3.05, 3.63) is 66.2 Å². The number of rotatable bonds is 5. The van der Waals surface area contributed by atoms with Gasteiger partial charge in [-0.15, -0.1) is 0 Å². The van der Waals surface area contributed by atoms with Crippen LogP contribution in [0.25, 0.3) is 11.1 Å². The summed E-state index contributed by atoms with van der Waals surface area (Å²) in [6.07, 6.45) is -4.46. The van der Waals surface area contributed by atoms with Crippen LogP contribution < -0.4 is 18.9 Å². The monoisotopic (exact) mass is 451 g/mol. The average Bonchev–Trinajstić information content (AvgIpc) is 3.21. The summed E-state index contributed by atoms with van der Waals surface area (Å²) in [5.74, 6) is 1.46. The van der Waals surface area contributed by atoms with E-state index in [0.717, 1.165) is 12.1 Å². The lowest BCUT2D eigenvalue weighted by atomic mass is 10.0. The van der Waals surface area contributed by atoms with E-state index in [9.17, 15) is 21.6 Å². The van der Waals surface area contributed by atoms with Gasteiger partial charge in [0, 0.05) is 5.56 Å². The molecule has 0 bridgehead atoms. The van der Waals surface area contributed by atoms with Crippen molar-refractivity contribution in [3.63, 3.8) is 0 Å². The zero-order chi connectivity index (χ0) is 22.2. The molecular weight excluding hydrogens is 435 g/mol. The maximum absolute atomic E-state index is 12.8. The van der Waals surface area contributed by atoms with Gasteiger partial charge >= 0.3 is 6.18 Å². The molecule has 0 saturated carbocycles. The van der Waals surface area contributed by atoms with Gasteiger partial charge in [-0.2, -0.15) is 13.2 Å². The first-order chi connectivity index (χ1) is 14.7. The predicted molar refractivity (Wildman–Crippen MR) is 106 cm³/mol. The van der Waals surface area contributed by atoms with Gasteiger partial charge in [0.1, 0.15) is 11.5 Å². The fourth-order valence-corrected chi connectivity index (χ4v) is 3.77. The second-order valence-corrected chi connectivity index (χ2v) is 8.44. The Morgan fingerprint density at radius 1 is 0.935 bits per heavy atom. The summed E-state index contributed by atoms with van der Waals surface area (Å²) < 4.78 is 81.7. The van der Waals surface area contributed by atoms with Crippen LogP contribution in [0, 0.1) is 0 Å². The first-order valence-corrected chi connectivity index (χ1v) is 10.5. The lowest BCUT2D eigenvalue weighted by Gasteiger charge is -2.14. The molecule has 0 spiro atoms. The number of sulfonamides is 1. The van der Waals surface area contributed by atoms with Crippen molar-refractivity contribution in [1.82, 2.24) is 4.72 Å². The van der Waals surface area contributed by atoms with Gasteiger partial charge in [-0.05, 0) is 67.2 Å². The molecule has 3 aromatic carbocycles. The number of benzene rings is 3. The standard InChI is InChI=1S/C21H16F3NO5S/c1-25-31(26,27)16-7-9-18(30-15-5-3-14(4-6-15)21(22,23)24)17(11-16)13-2-8-19-20(10-13)29-12-28-19/h2-11,25H,12H2,1H3. The summed E-state index contributed by atoms with van der Waals surface area (Å²) in [7, 11) is -2.44. The molecule has 0 fully saturated rings. The highest BCUT2D eigenvalue weighted by atomic mass is 32.2. The smallest absolute Gasteiger partial charge is 0.416 e. The highest BCUT2D eigenvalue weighted by molar-refractivity contribution is 7.89. The molecule has 10 heteroatoms. The van der Waals surface area contributed by atoms with Crippen molar-refractivity contribution in [2.75, 3.05) is 13.8 Å². The molecule has 3 aromatic rings. The van der Waals surface area contributed by atoms with E-state index in [1.54, 1.807) is 18.2 Å². The molecule has 0 saturated heterocycles. The number of fused-ring (bicyclic) bond motifs is 1. The van der Waals surface area contributed by atoms with Crippen LogP contribution in [0.15, 0.2) is 65.6 Å². The van der Waals surface area contributed by atoms with E-state index < -0.39 is 21.8 Å². The third kappa shape index (κ3) is 4.30. The van der Waals surface area contributed by atoms with Gasteiger partial charge in [-0.1, -0.05) is 6.07 Å². The lowest BCUT2D eigenvalue weighted by molar-refractivity contribution is -0.137. The van der Waals surface area contributed by atoms with Crippen LogP contribution in [0.4, 0.5) is 13.2 Å². The summed E-state index contributed by atoms with van der Waals surface area (Å²) in [5, 5.41) is 0. The Hall–Kier alpha value is -3.24. The van der Waals surface area contributed by atoms with Gasteiger partial charge in [0.15, 0.2) is 11.5 Å². The predicted octanol–water partition coefficient (Wildman–Crippen LogP) is 4.80. The molecule has 0 aliphatic carbocycles. The first kappa shape index (κ1) is 21.0. The van der Waals surface area contributed by atoms with Crippen molar-refractivity contribution in [2.24, 2.45) is 0 Å². The van der Waals surface area contributed by atoms with E-state index in [1.165, 1.54) is 37.4 Å². The summed E-state index contributed by atoms with van der Waals surface area (Å²) in [6, 6.07) is 13.5. The van der Waals surface area contributed by atoms with Crippen LogP contribution >= 0.6 is 0 Å². The number of ether oxygens (including phenoxy) is 3. The Bertz CT molecular complexity index is 1220. The minimum atomic E-state index is -4.46. The molecule has 1 N–H and O–H groups in total. The molecule has 6 nitrogen and oxygen atoms in total. The summed E-state index contributed by atoms with van der Waals surface area (Å²) >= 11 is 0. The van der Waals surface area contributed by atoms with Crippen LogP contribution in [-0.4, -0.2) is 22.3 Å².